The van der Waals surface area contributed by atoms with Gasteiger partial charge in [0.1, 0.15) is 11.9 Å². The van der Waals surface area contributed by atoms with Gasteiger partial charge in [-0.25, -0.2) is 0 Å². The molecular formula is C16H17IO2. The highest BCUT2D eigenvalue weighted by Gasteiger charge is 2.15. The van der Waals surface area contributed by atoms with Gasteiger partial charge in [-0.05, 0) is 60.2 Å². The van der Waals surface area contributed by atoms with Crippen LogP contribution in [0.3, 0.4) is 0 Å². The molecule has 0 aliphatic heterocycles. The maximum absolute atomic E-state index is 10.5. The number of benzene rings is 2. The first-order valence-corrected chi connectivity index (χ1v) is 7.35. The fourth-order valence-electron chi connectivity index (χ4n) is 1.89. The molecule has 0 spiro atoms. The van der Waals surface area contributed by atoms with Crippen LogP contribution in [0, 0.1) is 3.57 Å². The van der Waals surface area contributed by atoms with Crippen molar-refractivity contribution in [3.05, 3.63) is 63.2 Å². The van der Waals surface area contributed by atoms with Crippen LogP contribution in [0.25, 0.3) is 0 Å². The Hall–Kier alpha value is -1.07. The molecule has 1 atom stereocenters. The highest BCUT2D eigenvalue weighted by atomic mass is 127. The van der Waals surface area contributed by atoms with Crippen molar-refractivity contribution in [3.8, 4) is 5.75 Å². The SMILES string of the molecule is CC(C)Oc1ccccc1C(O)c1ccc(I)cc1. The van der Waals surface area contributed by atoms with E-state index in [1.807, 2.05) is 62.4 Å². The molecule has 2 aromatic rings. The molecule has 0 radical (unpaired) electrons. The highest BCUT2D eigenvalue weighted by Crippen LogP contribution is 2.30. The average molecular weight is 368 g/mol. The van der Waals surface area contributed by atoms with E-state index in [1.54, 1.807) is 0 Å². The molecule has 100 valence electrons. The van der Waals surface area contributed by atoms with Gasteiger partial charge in [0.2, 0.25) is 0 Å². The second kappa shape index (κ2) is 6.39. The van der Waals surface area contributed by atoms with E-state index in [2.05, 4.69) is 22.6 Å². The smallest absolute Gasteiger partial charge is 0.125 e. The van der Waals surface area contributed by atoms with Gasteiger partial charge >= 0.3 is 0 Å². The summed E-state index contributed by atoms with van der Waals surface area (Å²) in [6, 6.07) is 15.5. The van der Waals surface area contributed by atoms with Crippen LogP contribution < -0.4 is 4.74 Å². The van der Waals surface area contributed by atoms with Gasteiger partial charge in [0.05, 0.1) is 6.10 Å². The number of hydrogen-bond acceptors (Lipinski definition) is 2. The van der Waals surface area contributed by atoms with Gasteiger partial charge in [0, 0.05) is 9.13 Å². The number of rotatable bonds is 4. The largest absolute Gasteiger partial charge is 0.491 e. The molecule has 0 bridgehead atoms. The number of ether oxygens (including phenoxy) is 1. The fourth-order valence-corrected chi connectivity index (χ4v) is 2.25. The summed E-state index contributed by atoms with van der Waals surface area (Å²) in [7, 11) is 0. The van der Waals surface area contributed by atoms with Crippen LogP contribution in [0.4, 0.5) is 0 Å². The summed E-state index contributed by atoms with van der Waals surface area (Å²) in [4.78, 5) is 0. The minimum absolute atomic E-state index is 0.0880. The van der Waals surface area contributed by atoms with Crippen LogP contribution in [0.15, 0.2) is 48.5 Å². The molecule has 1 unspecified atom stereocenters. The van der Waals surface area contributed by atoms with E-state index in [0.29, 0.717) is 0 Å². The summed E-state index contributed by atoms with van der Waals surface area (Å²) in [6.07, 6.45) is -0.572. The summed E-state index contributed by atoms with van der Waals surface area (Å²) in [5.41, 5.74) is 1.68. The molecule has 0 aromatic heterocycles. The van der Waals surface area contributed by atoms with Crippen molar-refractivity contribution in [3.63, 3.8) is 0 Å². The maximum Gasteiger partial charge on any atom is 0.125 e. The molecule has 0 fully saturated rings. The Bertz CT molecular complexity index is 535. The van der Waals surface area contributed by atoms with Crippen LogP contribution >= 0.6 is 22.6 Å². The van der Waals surface area contributed by atoms with E-state index in [-0.39, 0.29) is 6.10 Å². The monoisotopic (exact) mass is 368 g/mol. The molecule has 2 nitrogen and oxygen atoms in total. The Morgan fingerprint density at radius 3 is 2.26 bits per heavy atom. The van der Waals surface area contributed by atoms with Gasteiger partial charge in [-0.2, -0.15) is 0 Å². The van der Waals surface area contributed by atoms with Gasteiger partial charge < -0.3 is 9.84 Å². The molecule has 1 N–H and O–H groups in total. The predicted molar refractivity (Wildman–Crippen MR) is 85.4 cm³/mol. The van der Waals surface area contributed by atoms with E-state index >= 15 is 0 Å². The first-order chi connectivity index (χ1) is 9.08. The zero-order valence-electron chi connectivity index (χ0n) is 11.0. The quantitative estimate of drug-likeness (QED) is 0.822. The number of hydrogen-bond donors (Lipinski definition) is 1. The summed E-state index contributed by atoms with van der Waals surface area (Å²) in [5.74, 6) is 0.739. The van der Waals surface area contributed by atoms with Gasteiger partial charge in [0.15, 0.2) is 0 Å². The van der Waals surface area contributed by atoms with Crippen molar-refractivity contribution in [2.24, 2.45) is 0 Å². The fraction of sp³-hybridized carbons (Fsp3) is 0.250. The summed E-state index contributed by atoms with van der Waals surface area (Å²) in [5, 5.41) is 10.5. The van der Waals surface area contributed by atoms with Crippen molar-refractivity contribution < 1.29 is 9.84 Å². The molecule has 0 heterocycles. The Morgan fingerprint density at radius 2 is 1.63 bits per heavy atom. The zero-order valence-corrected chi connectivity index (χ0v) is 13.2. The molecular weight excluding hydrogens is 351 g/mol. The molecule has 19 heavy (non-hydrogen) atoms. The van der Waals surface area contributed by atoms with Gasteiger partial charge in [-0.3, -0.25) is 0 Å². The van der Waals surface area contributed by atoms with E-state index in [0.717, 1.165) is 20.4 Å². The first kappa shape index (κ1) is 14.3. The lowest BCUT2D eigenvalue weighted by atomic mass is 10.0. The minimum atomic E-state index is -0.660. The lowest BCUT2D eigenvalue weighted by molar-refractivity contribution is 0.198. The van der Waals surface area contributed by atoms with Crippen molar-refractivity contribution >= 4 is 22.6 Å². The Morgan fingerprint density at radius 1 is 1.00 bits per heavy atom. The molecule has 2 rings (SSSR count). The second-order valence-electron chi connectivity index (χ2n) is 4.66. The molecule has 0 saturated carbocycles. The van der Waals surface area contributed by atoms with E-state index in [9.17, 15) is 5.11 Å². The third kappa shape index (κ3) is 3.70. The number of para-hydroxylation sites is 1. The van der Waals surface area contributed by atoms with Gasteiger partial charge in [0.25, 0.3) is 0 Å². The van der Waals surface area contributed by atoms with Crippen molar-refractivity contribution in [2.75, 3.05) is 0 Å². The van der Waals surface area contributed by atoms with Crippen molar-refractivity contribution in [2.45, 2.75) is 26.1 Å². The number of aliphatic hydroxyl groups is 1. The topological polar surface area (TPSA) is 29.5 Å². The molecule has 0 aliphatic rings. The lowest BCUT2D eigenvalue weighted by Gasteiger charge is -2.18. The number of aliphatic hydroxyl groups excluding tert-OH is 1. The van der Waals surface area contributed by atoms with E-state index < -0.39 is 6.10 Å². The highest BCUT2D eigenvalue weighted by molar-refractivity contribution is 14.1. The van der Waals surface area contributed by atoms with Crippen LogP contribution in [-0.2, 0) is 0 Å². The second-order valence-corrected chi connectivity index (χ2v) is 5.90. The molecule has 3 heteroatoms. The molecule has 0 aliphatic carbocycles. The Balaban J connectivity index is 2.32. The molecule has 0 amide bonds. The predicted octanol–water partition coefficient (Wildman–Crippen LogP) is 4.16. The maximum atomic E-state index is 10.5. The summed E-state index contributed by atoms with van der Waals surface area (Å²) >= 11 is 2.25. The molecule has 2 aromatic carbocycles. The lowest BCUT2D eigenvalue weighted by Crippen LogP contribution is -2.09. The van der Waals surface area contributed by atoms with Crippen molar-refractivity contribution in [1.29, 1.82) is 0 Å². The minimum Gasteiger partial charge on any atom is -0.491 e. The van der Waals surface area contributed by atoms with Crippen LogP contribution in [0.2, 0.25) is 0 Å². The normalized spacial score (nSPS) is 12.5. The first-order valence-electron chi connectivity index (χ1n) is 6.27. The third-order valence-corrected chi connectivity index (χ3v) is 3.48. The van der Waals surface area contributed by atoms with Crippen LogP contribution in [0.5, 0.6) is 5.75 Å². The molecule has 0 saturated heterocycles. The summed E-state index contributed by atoms with van der Waals surface area (Å²) < 4.78 is 6.90. The average Bonchev–Trinajstić information content (AvgIpc) is 2.39. The van der Waals surface area contributed by atoms with Crippen molar-refractivity contribution in [1.82, 2.24) is 0 Å². The van der Waals surface area contributed by atoms with Gasteiger partial charge in [-0.1, -0.05) is 30.3 Å². The number of halogens is 1. The van der Waals surface area contributed by atoms with E-state index in [1.165, 1.54) is 0 Å². The Labute approximate surface area is 127 Å². The zero-order chi connectivity index (χ0) is 13.8. The Kier molecular flexibility index (Phi) is 4.82. The van der Waals surface area contributed by atoms with Crippen LogP contribution in [0.1, 0.15) is 31.1 Å². The standard InChI is InChI=1S/C16H17IO2/c1-11(2)19-15-6-4-3-5-14(15)16(18)12-7-9-13(17)10-8-12/h3-11,16,18H,1-2H3. The summed E-state index contributed by atoms with van der Waals surface area (Å²) in [6.45, 7) is 3.96. The van der Waals surface area contributed by atoms with Crippen LogP contribution in [-0.4, -0.2) is 11.2 Å². The van der Waals surface area contributed by atoms with E-state index in [4.69, 9.17) is 4.74 Å². The third-order valence-electron chi connectivity index (χ3n) is 2.76. The van der Waals surface area contributed by atoms with Gasteiger partial charge in [-0.15, -0.1) is 0 Å².